The number of benzene rings is 4. The van der Waals surface area contributed by atoms with E-state index in [1.807, 2.05) is 30.3 Å². The molecule has 0 saturated carbocycles. The first kappa shape index (κ1) is 29.0. The lowest BCUT2D eigenvalue weighted by molar-refractivity contribution is -0.120. The zero-order chi connectivity index (χ0) is 29.2. The number of hydrogen-bond acceptors (Lipinski definition) is 5. The van der Waals surface area contributed by atoms with Crippen molar-refractivity contribution in [3.63, 3.8) is 0 Å². The Morgan fingerprint density at radius 2 is 1.54 bits per heavy atom. The molecule has 1 amide bonds. The van der Waals surface area contributed by atoms with Crippen LogP contribution >= 0.6 is 11.6 Å². The van der Waals surface area contributed by atoms with Crippen molar-refractivity contribution < 1.29 is 26.0 Å². The lowest BCUT2D eigenvalue weighted by Gasteiger charge is -2.30. The van der Waals surface area contributed by atoms with E-state index in [4.69, 9.17) is 11.6 Å². The molecule has 41 heavy (non-hydrogen) atoms. The molecule has 2 N–H and O–H groups in total. The quantitative estimate of drug-likeness (QED) is 0.267. The highest BCUT2D eigenvalue weighted by atomic mass is 35.5. The first-order valence-corrected chi connectivity index (χ1v) is 16.3. The summed E-state index contributed by atoms with van der Waals surface area (Å²) in [7, 11) is -7.70. The fourth-order valence-corrected chi connectivity index (χ4v) is 7.82. The van der Waals surface area contributed by atoms with E-state index in [2.05, 4.69) is 10.0 Å². The summed E-state index contributed by atoms with van der Waals surface area (Å²) < 4.78 is 69.7. The number of piperidine rings is 1. The van der Waals surface area contributed by atoms with Gasteiger partial charge in [-0.3, -0.25) is 9.52 Å². The van der Waals surface area contributed by atoms with Gasteiger partial charge in [-0.05, 0) is 60.7 Å². The van der Waals surface area contributed by atoms with Gasteiger partial charge >= 0.3 is 0 Å². The SMILES string of the molecule is O=C(Nc1ccc(S(=O)(=O)Nc2cccc3ccccc23)cc1)C1CCN(S(=O)(=O)Cc2c(F)cccc2Cl)CC1. The van der Waals surface area contributed by atoms with Crippen molar-refractivity contribution in [2.45, 2.75) is 23.5 Å². The first-order valence-electron chi connectivity index (χ1n) is 12.9. The van der Waals surface area contributed by atoms with Gasteiger partial charge in [-0.1, -0.05) is 54.1 Å². The maximum absolute atomic E-state index is 14.1. The Bertz CT molecular complexity index is 1780. The summed E-state index contributed by atoms with van der Waals surface area (Å²) in [5.74, 6) is -1.96. The average molecular weight is 616 g/mol. The second kappa shape index (κ2) is 11.8. The smallest absolute Gasteiger partial charge is 0.261 e. The minimum absolute atomic E-state index is 0.0388. The lowest BCUT2D eigenvalue weighted by atomic mass is 9.97. The predicted molar refractivity (Wildman–Crippen MR) is 158 cm³/mol. The van der Waals surface area contributed by atoms with Gasteiger partial charge < -0.3 is 5.32 Å². The molecule has 4 aromatic carbocycles. The van der Waals surface area contributed by atoms with Gasteiger partial charge in [0.25, 0.3) is 10.0 Å². The molecule has 4 aromatic rings. The number of fused-ring (bicyclic) bond motifs is 1. The van der Waals surface area contributed by atoms with Crippen LogP contribution < -0.4 is 10.0 Å². The van der Waals surface area contributed by atoms with Crippen molar-refractivity contribution in [2.75, 3.05) is 23.1 Å². The van der Waals surface area contributed by atoms with Gasteiger partial charge in [-0.2, -0.15) is 0 Å². The monoisotopic (exact) mass is 615 g/mol. The molecule has 214 valence electrons. The maximum Gasteiger partial charge on any atom is 0.261 e. The van der Waals surface area contributed by atoms with E-state index < -0.39 is 37.5 Å². The number of amides is 1. The summed E-state index contributed by atoms with van der Waals surface area (Å²) in [4.78, 5) is 12.9. The average Bonchev–Trinajstić information content (AvgIpc) is 2.95. The van der Waals surface area contributed by atoms with Crippen LogP contribution in [0.2, 0.25) is 5.02 Å². The third-order valence-corrected chi connectivity index (χ3v) is 10.6. The lowest BCUT2D eigenvalue weighted by Crippen LogP contribution is -2.42. The van der Waals surface area contributed by atoms with Gasteiger partial charge in [-0.25, -0.2) is 25.5 Å². The van der Waals surface area contributed by atoms with Crippen molar-refractivity contribution in [2.24, 2.45) is 5.92 Å². The molecule has 0 unspecified atom stereocenters. The van der Waals surface area contributed by atoms with Crippen LogP contribution in [-0.4, -0.2) is 40.1 Å². The number of rotatable bonds is 8. The topological polar surface area (TPSA) is 113 Å². The molecule has 1 heterocycles. The van der Waals surface area contributed by atoms with Gasteiger partial charge in [0.2, 0.25) is 15.9 Å². The molecule has 8 nitrogen and oxygen atoms in total. The zero-order valence-electron chi connectivity index (χ0n) is 21.8. The fourth-order valence-electron chi connectivity index (χ4n) is 4.82. The maximum atomic E-state index is 14.1. The van der Waals surface area contributed by atoms with Gasteiger partial charge in [-0.15, -0.1) is 0 Å². The van der Waals surface area contributed by atoms with E-state index in [1.165, 1.54) is 40.7 Å². The van der Waals surface area contributed by atoms with E-state index in [0.29, 0.717) is 11.4 Å². The number of sulfonamides is 2. The Balaban J connectivity index is 1.18. The third-order valence-electron chi connectivity index (χ3n) is 7.07. The molecule has 1 saturated heterocycles. The standard InChI is InChI=1S/C29H27ClFN3O5S2/c30-26-8-4-9-27(31)25(26)19-40(36,37)34-17-15-21(16-18-34)29(35)32-22-11-13-23(14-12-22)41(38,39)33-28-10-3-6-20-5-1-2-7-24(20)28/h1-14,21,33H,15-19H2,(H,32,35). The Morgan fingerprint density at radius 1 is 0.878 bits per heavy atom. The highest BCUT2D eigenvalue weighted by Crippen LogP contribution is 2.28. The molecule has 1 aliphatic rings. The number of carbonyl (C=O) groups is 1. The summed E-state index contributed by atoms with van der Waals surface area (Å²) >= 11 is 6.00. The first-order chi connectivity index (χ1) is 19.5. The van der Waals surface area contributed by atoms with Crippen molar-refractivity contribution in [3.05, 3.63) is 101 Å². The Morgan fingerprint density at radius 3 is 2.24 bits per heavy atom. The number of carbonyl (C=O) groups excluding carboxylic acids is 1. The minimum Gasteiger partial charge on any atom is -0.326 e. The van der Waals surface area contributed by atoms with Crippen LogP contribution in [0, 0.1) is 11.7 Å². The summed E-state index contributed by atoms with van der Waals surface area (Å²) in [6.07, 6.45) is 0.578. The van der Waals surface area contributed by atoms with Gasteiger partial charge in [0.05, 0.1) is 16.3 Å². The van der Waals surface area contributed by atoms with E-state index in [0.717, 1.165) is 16.8 Å². The second-order valence-corrected chi connectivity index (χ2v) is 13.8. The number of anilines is 2. The fraction of sp³-hybridized carbons (Fsp3) is 0.207. The normalized spacial score (nSPS) is 15.1. The highest BCUT2D eigenvalue weighted by molar-refractivity contribution is 7.92. The van der Waals surface area contributed by atoms with Crippen LogP contribution in [0.5, 0.6) is 0 Å². The van der Waals surface area contributed by atoms with Gasteiger partial charge in [0.15, 0.2) is 0 Å². The summed E-state index contributed by atoms with van der Waals surface area (Å²) in [5.41, 5.74) is 0.806. The predicted octanol–water partition coefficient (Wildman–Crippen LogP) is 5.61. The highest BCUT2D eigenvalue weighted by Gasteiger charge is 2.32. The van der Waals surface area contributed by atoms with Crippen molar-refractivity contribution >= 4 is 59.7 Å². The van der Waals surface area contributed by atoms with E-state index >= 15 is 0 Å². The van der Waals surface area contributed by atoms with Crippen LogP contribution in [0.3, 0.4) is 0 Å². The van der Waals surface area contributed by atoms with Crippen LogP contribution in [0.25, 0.3) is 10.8 Å². The largest absolute Gasteiger partial charge is 0.326 e. The zero-order valence-corrected chi connectivity index (χ0v) is 24.1. The molecular weight excluding hydrogens is 589 g/mol. The molecular formula is C29H27ClFN3O5S2. The number of hydrogen-bond donors (Lipinski definition) is 2. The van der Waals surface area contributed by atoms with E-state index in [9.17, 15) is 26.0 Å². The Labute approximate surface area is 243 Å². The summed E-state index contributed by atoms with van der Waals surface area (Å²) in [5, 5.41) is 4.51. The summed E-state index contributed by atoms with van der Waals surface area (Å²) in [6.45, 7) is 0.229. The van der Waals surface area contributed by atoms with E-state index in [-0.39, 0.29) is 47.3 Å². The van der Waals surface area contributed by atoms with E-state index in [1.54, 1.807) is 12.1 Å². The number of nitrogens with zero attached hydrogens (tertiary/aromatic N) is 1. The molecule has 1 aliphatic heterocycles. The minimum atomic E-state index is -3.88. The molecule has 1 fully saturated rings. The molecule has 0 atom stereocenters. The molecule has 0 spiro atoms. The van der Waals surface area contributed by atoms with Gasteiger partial charge in [0, 0.05) is 40.7 Å². The number of nitrogens with one attached hydrogen (secondary N) is 2. The molecule has 0 aliphatic carbocycles. The molecule has 12 heteroatoms. The van der Waals surface area contributed by atoms with Crippen molar-refractivity contribution in [1.82, 2.24) is 4.31 Å². The van der Waals surface area contributed by atoms with Crippen LogP contribution in [0.15, 0.2) is 89.8 Å². The second-order valence-electron chi connectivity index (χ2n) is 9.78. The van der Waals surface area contributed by atoms with Gasteiger partial charge in [0.1, 0.15) is 5.82 Å². The molecule has 0 bridgehead atoms. The Hall–Kier alpha value is -3.51. The van der Waals surface area contributed by atoms with Crippen molar-refractivity contribution in [3.8, 4) is 0 Å². The number of halogens is 2. The molecule has 0 radical (unpaired) electrons. The van der Waals surface area contributed by atoms with Crippen LogP contribution in [-0.2, 0) is 30.6 Å². The summed E-state index contributed by atoms with van der Waals surface area (Å²) in [6, 6.07) is 22.7. The van der Waals surface area contributed by atoms with Crippen LogP contribution in [0.4, 0.5) is 15.8 Å². The Kier molecular flexibility index (Phi) is 8.32. The third kappa shape index (κ3) is 6.54. The van der Waals surface area contributed by atoms with Crippen molar-refractivity contribution in [1.29, 1.82) is 0 Å². The molecule has 5 rings (SSSR count). The molecule has 0 aromatic heterocycles. The van der Waals surface area contributed by atoms with Crippen LogP contribution in [0.1, 0.15) is 18.4 Å².